The summed E-state index contributed by atoms with van der Waals surface area (Å²) in [7, 11) is 1.91. The summed E-state index contributed by atoms with van der Waals surface area (Å²) in [6.45, 7) is 2.78. The number of aromatic nitrogens is 3. The summed E-state index contributed by atoms with van der Waals surface area (Å²) in [5, 5.41) is 4.09. The van der Waals surface area contributed by atoms with Gasteiger partial charge in [0.2, 0.25) is 0 Å². The van der Waals surface area contributed by atoms with E-state index in [4.69, 9.17) is 10.5 Å². The molecule has 1 aromatic rings. The molecule has 1 saturated carbocycles. The van der Waals surface area contributed by atoms with Crippen LogP contribution in [0.1, 0.15) is 44.9 Å². The highest BCUT2D eigenvalue weighted by atomic mass is 16.5. The van der Waals surface area contributed by atoms with Crippen LogP contribution in [-0.2, 0) is 18.2 Å². The molecule has 1 fully saturated rings. The zero-order chi connectivity index (χ0) is 13.0. The van der Waals surface area contributed by atoms with Crippen molar-refractivity contribution >= 4 is 0 Å². The van der Waals surface area contributed by atoms with Gasteiger partial charge in [0.25, 0.3) is 0 Å². The summed E-state index contributed by atoms with van der Waals surface area (Å²) >= 11 is 0. The molecule has 0 aliphatic heterocycles. The third-order valence-electron chi connectivity index (χ3n) is 4.02. The molecule has 1 aliphatic rings. The predicted octanol–water partition coefficient (Wildman–Crippen LogP) is 1.42. The van der Waals surface area contributed by atoms with Gasteiger partial charge in [-0.1, -0.05) is 19.3 Å². The van der Waals surface area contributed by atoms with Crippen LogP contribution in [0.4, 0.5) is 0 Å². The summed E-state index contributed by atoms with van der Waals surface area (Å²) < 4.78 is 7.83. The van der Waals surface area contributed by atoms with Crippen LogP contribution in [0.3, 0.4) is 0 Å². The molecule has 0 amide bonds. The molecule has 0 bridgehead atoms. The lowest BCUT2D eigenvalue weighted by Gasteiger charge is -2.41. The number of nitrogens with zero attached hydrogens (tertiary/aromatic N) is 3. The van der Waals surface area contributed by atoms with E-state index in [1.54, 1.807) is 11.0 Å². The third-order valence-corrected chi connectivity index (χ3v) is 4.02. The maximum absolute atomic E-state index is 6.42. The Hall–Kier alpha value is -0.940. The van der Waals surface area contributed by atoms with Gasteiger partial charge in [-0.2, -0.15) is 5.10 Å². The Bertz CT molecular complexity index is 365. The molecule has 1 atom stereocenters. The van der Waals surface area contributed by atoms with Crippen molar-refractivity contribution in [1.82, 2.24) is 14.8 Å². The number of aryl methyl sites for hydroxylation is 1. The lowest BCUT2D eigenvalue weighted by Crippen LogP contribution is -2.52. The van der Waals surface area contributed by atoms with Crippen molar-refractivity contribution in [2.45, 2.75) is 57.1 Å². The first kappa shape index (κ1) is 13.5. The summed E-state index contributed by atoms with van der Waals surface area (Å²) in [4.78, 5) is 4.26. The smallest absolute Gasteiger partial charge is 0.138 e. The second-order valence-electron chi connectivity index (χ2n) is 5.17. The molecule has 1 aromatic heterocycles. The molecule has 2 N–H and O–H groups in total. The highest BCUT2D eigenvalue weighted by Gasteiger charge is 2.39. The van der Waals surface area contributed by atoms with E-state index in [0.717, 1.165) is 31.7 Å². The van der Waals surface area contributed by atoms with Gasteiger partial charge in [-0.05, 0) is 19.8 Å². The van der Waals surface area contributed by atoms with Gasteiger partial charge < -0.3 is 10.5 Å². The minimum Gasteiger partial charge on any atom is -0.374 e. The molecular formula is C13H24N4O. The zero-order valence-corrected chi connectivity index (χ0v) is 11.4. The Labute approximate surface area is 109 Å². The fourth-order valence-electron chi connectivity index (χ4n) is 2.95. The SMILES string of the molecule is CCOC1(C(N)Cc2ncnn2C)CCCCC1. The molecule has 5 nitrogen and oxygen atoms in total. The molecular weight excluding hydrogens is 228 g/mol. The van der Waals surface area contributed by atoms with E-state index in [9.17, 15) is 0 Å². The maximum Gasteiger partial charge on any atom is 0.138 e. The van der Waals surface area contributed by atoms with E-state index < -0.39 is 0 Å². The molecule has 1 unspecified atom stereocenters. The molecule has 1 heterocycles. The van der Waals surface area contributed by atoms with Crippen LogP contribution in [0.25, 0.3) is 0 Å². The lowest BCUT2D eigenvalue weighted by molar-refractivity contribution is -0.0821. The Kier molecular flexibility index (Phi) is 4.35. The van der Waals surface area contributed by atoms with E-state index in [1.807, 2.05) is 14.0 Å². The number of hydrogen-bond donors (Lipinski definition) is 1. The Morgan fingerprint density at radius 3 is 2.72 bits per heavy atom. The van der Waals surface area contributed by atoms with Gasteiger partial charge in [0, 0.05) is 26.1 Å². The van der Waals surface area contributed by atoms with Crippen LogP contribution in [0.5, 0.6) is 0 Å². The van der Waals surface area contributed by atoms with Crippen molar-refractivity contribution in [1.29, 1.82) is 0 Å². The minimum absolute atomic E-state index is 0.000602. The van der Waals surface area contributed by atoms with Gasteiger partial charge >= 0.3 is 0 Å². The highest BCUT2D eigenvalue weighted by Crippen LogP contribution is 2.34. The molecule has 0 saturated heterocycles. The first-order chi connectivity index (χ1) is 8.68. The van der Waals surface area contributed by atoms with Crippen molar-refractivity contribution in [3.8, 4) is 0 Å². The number of hydrogen-bond acceptors (Lipinski definition) is 4. The van der Waals surface area contributed by atoms with Crippen molar-refractivity contribution in [3.05, 3.63) is 12.2 Å². The van der Waals surface area contributed by atoms with Gasteiger partial charge in [-0.15, -0.1) is 0 Å². The number of nitrogens with two attached hydrogens (primary N) is 1. The van der Waals surface area contributed by atoms with Crippen molar-refractivity contribution in [2.24, 2.45) is 12.8 Å². The normalized spacial score (nSPS) is 20.8. The Morgan fingerprint density at radius 1 is 1.44 bits per heavy atom. The summed E-state index contributed by atoms with van der Waals surface area (Å²) in [6.07, 6.45) is 8.18. The Morgan fingerprint density at radius 2 is 2.17 bits per heavy atom. The minimum atomic E-state index is -0.154. The largest absolute Gasteiger partial charge is 0.374 e. The van der Waals surface area contributed by atoms with Crippen LogP contribution in [0.2, 0.25) is 0 Å². The average molecular weight is 252 g/mol. The standard InChI is InChI=1S/C13H24N4O/c1-3-18-13(7-5-4-6-8-13)11(14)9-12-15-10-16-17(12)2/h10-11H,3-9,14H2,1-2H3. The van der Waals surface area contributed by atoms with E-state index in [2.05, 4.69) is 10.1 Å². The van der Waals surface area contributed by atoms with Crippen LogP contribution in [0, 0.1) is 0 Å². The molecule has 0 radical (unpaired) electrons. The molecule has 5 heteroatoms. The van der Waals surface area contributed by atoms with Crippen molar-refractivity contribution < 1.29 is 4.74 Å². The van der Waals surface area contributed by atoms with Gasteiger partial charge in [0.15, 0.2) is 0 Å². The van der Waals surface area contributed by atoms with Crippen LogP contribution in [0.15, 0.2) is 6.33 Å². The maximum atomic E-state index is 6.42. The average Bonchev–Trinajstić information content (AvgIpc) is 2.76. The van der Waals surface area contributed by atoms with Crippen LogP contribution < -0.4 is 5.73 Å². The van der Waals surface area contributed by atoms with E-state index in [-0.39, 0.29) is 11.6 Å². The second kappa shape index (κ2) is 5.80. The molecule has 18 heavy (non-hydrogen) atoms. The summed E-state index contributed by atoms with van der Waals surface area (Å²) in [5.74, 6) is 0.937. The first-order valence-corrected chi connectivity index (χ1v) is 6.90. The van der Waals surface area contributed by atoms with Crippen molar-refractivity contribution in [2.75, 3.05) is 6.61 Å². The van der Waals surface area contributed by atoms with Crippen molar-refractivity contribution in [3.63, 3.8) is 0 Å². The quantitative estimate of drug-likeness (QED) is 0.860. The predicted molar refractivity (Wildman–Crippen MR) is 70.1 cm³/mol. The molecule has 0 spiro atoms. The lowest BCUT2D eigenvalue weighted by atomic mass is 9.78. The van der Waals surface area contributed by atoms with Crippen LogP contribution in [-0.4, -0.2) is 33.0 Å². The van der Waals surface area contributed by atoms with Gasteiger partial charge in [-0.3, -0.25) is 4.68 Å². The summed E-state index contributed by atoms with van der Waals surface area (Å²) in [6, 6.07) is 0.000602. The number of ether oxygens (including phenoxy) is 1. The highest BCUT2D eigenvalue weighted by molar-refractivity contribution is 5.00. The van der Waals surface area contributed by atoms with E-state index in [1.165, 1.54) is 19.3 Å². The Balaban J connectivity index is 2.08. The van der Waals surface area contributed by atoms with E-state index >= 15 is 0 Å². The molecule has 1 aliphatic carbocycles. The summed E-state index contributed by atoms with van der Waals surface area (Å²) in [5.41, 5.74) is 6.27. The zero-order valence-electron chi connectivity index (χ0n) is 11.4. The van der Waals surface area contributed by atoms with Gasteiger partial charge in [-0.25, -0.2) is 4.98 Å². The molecule has 102 valence electrons. The van der Waals surface area contributed by atoms with Crippen LogP contribution >= 0.6 is 0 Å². The second-order valence-corrected chi connectivity index (χ2v) is 5.17. The topological polar surface area (TPSA) is 66.0 Å². The van der Waals surface area contributed by atoms with Gasteiger partial charge in [0.05, 0.1) is 5.60 Å². The monoisotopic (exact) mass is 252 g/mol. The fraction of sp³-hybridized carbons (Fsp3) is 0.846. The number of rotatable bonds is 5. The third kappa shape index (κ3) is 2.72. The fourth-order valence-corrected chi connectivity index (χ4v) is 2.95. The molecule has 0 aromatic carbocycles. The van der Waals surface area contributed by atoms with E-state index in [0.29, 0.717) is 0 Å². The first-order valence-electron chi connectivity index (χ1n) is 6.90. The van der Waals surface area contributed by atoms with Gasteiger partial charge in [0.1, 0.15) is 12.2 Å². The molecule has 2 rings (SSSR count).